The van der Waals surface area contributed by atoms with Gasteiger partial charge in [-0.25, -0.2) is 4.39 Å². The van der Waals surface area contributed by atoms with Crippen LogP contribution in [0.15, 0.2) is 48.5 Å². The van der Waals surface area contributed by atoms with Crippen molar-refractivity contribution in [1.29, 1.82) is 0 Å². The second-order valence-electron chi connectivity index (χ2n) is 6.38. The topological polar surface area (TPSA) is 87.7 Å². The first kappa shape index (κ1) is 20.8. The summed E-state index contributed by atoms with van der Waals surface area (Å²) in [6.45, 7) is 0.820. The van der Waals surface area contributed by atoms with Gasteiger partial charge < -0.3 is 20.3 Å². The Kier molecular flexibility index (Phi) is 6.79. The molecule has 0 radical (unpaired) electrons. The third-order valence-electron chi connectivity index (χ3n) is 4.37. The number of ether oxygens (including phenoxy) is 1. The largest absolute Gasteiger partial charge is 0.370 e. The molecule has 0 bridgehead atoms. The molecule has 3 amide bonds. The summed E-state index contributed by atoms with van der Waals surface area (Å²) < 4.78 is 18.9. The van der Waals surface area contributed by atoms with Crippen molar-refractivity contribution in [3.63, 3.8) is 0 Å². The molecule has 29 heavy (non-hydrogen) atoms. The summed E-state index contributed by atoms with van der Waals surface area (Å²) in [6.07, 6.45) is -0.240. The third-order valence-corrected chi connectivity index (χ3v) is 4.66. The molecule has 0 aromatic heterocycles. The zero-order chi connectivity index (χ0) is 20.8. The first-order valence-corrected chi connectivity index (χ1v) is 9.30. The first-order valence-electron chi connectivity index (χ1n) is 8.92. The molecule has 3 rings (SSSR count). The van der Waals surface area contributed by atoms with Gasteiger partial charge in [-0.2, -0.15) is 0 Å². The number of carbonyl (C=O) groups excluding carboxylic acids is 3. The molecule has 1 heterocycles. The van der Waals surface area contributed by atoms with Crippen molar-refractivity contribution < 1.29 is 23.5 Å². The fourth-order valence-electron chi connectivity index (χ4n) is 2.85. The highest BCUT2D eigenvalue weighted by molar-refractivity contribution is 6.40. The van der Waals surface area contributed by atoms with Crippen LogP contribution in [0.3, 0.4) is 0 Å². The first-order chi connectivity index (χ1) is 13.9. The molecule has 0 unspecified atom stereocenters. The number of amides is 3. The number of benzene rings is 2. The number of hydrogen-bond acceptors (Lipinski definition) is 4. The van der Waals surface area contributed by atoms with E-state index >= 15 is 0 Å². The highest BCUT2D eigenvalue weighted by atomic mass is 35.5. The number of morpholine rings is 1. The van der Waals surface area contributed by atoms with Crippen LogP contribution in [0.5, 0.6) is 0 Å². The predicted molar refractivity (Wildman–Crippen MR) is 105 cm³/mol. The van der Waals surface area contributed by atoms with Crippen molar-refractivity contribution in [2.45, 2.75) is 6.10 Å². The van der Waals surface area contributed by atoms with E-state index in [1.54, 1.807) is 4.90 Å². The number of nitrogens with one attached hydrogen (secondary N) is 2. The zero-order valence-corrected chi connectivity index (χ0v) is 16.1. The van der Waals surface area contributed by atoms with Crippen molar-refractivity contribution in [3.05, 3.63) is 64.9 Å². The summed E-state index contributed by atoms with van der Waals surface area (Å²) in [6, 6.07) is 13.1. The van der Waals surface area contributed by atoms with Crippen molar-refractivity contribution in [1.82, 2.24) is 10.2 Å². The summed E-state index contributed by atoms with van der Waals surface area (Å²) >= 11 is 5.63. The summed E-state index contributed by atoms with van der Waals surface area (Å²) in [7, 11) is 0. The van der Waals surface area contributed by atoms with E-state index in [2.05, 4.69) is 10.6 Å². The minimum atomic E-state index is -0.982. The van der Waals surface area contributed by atoms with Gasteiger partial charge in [-0.3, -0.25) is 14.4 Å². The number of nitrogens with zero attached hydrogens (tertiary/aromatic N) is 1. The van der Waals surface area contributed by atoms with E-state index in [1.807, 2.05) is 30.3 Å². The highest BCUT2D eigenvalue weighted by Crippen LogP contribution is 2.22. The van der Waals surface area contributed by atoms with Crippen molar-refractivity contribution in [3.8, 4) is 0 Å². The quantitative estimate of drug-likeness (QED) is 0.743. The predicted octanol–water partition coefficient (Wildman–Crippen LogP) is 2.13. The fourth-order valence-corrected chi connectivity index (χ4v) is 3.04. The molecule has 1 aliphatic heterocycles. The second kappa shape index (κ2) is 9.49. The molecule has 1 aliphatic rings. The smallest absolute Gasteiger partial charge is 0.313 e. The van der Waals surface area contributed by atoms with Gasteiger partial charge in [-0.1, -0.05) is 41.9 Å². The number of anilines is 1. The van der Waals surface area contributed by atoms with Gasteiger partial charge in [0.05, 0.1) is 24.7 Å². The Bertz CT molecular complexity index is 910. The maximum Gasteiger partial charge on any atom is 0.313 e. The summed E-state index contributed by atoms with van der Waals surface area (Å²) in [5, 5.41) is 4.40. The molecule has 2 aromatic rings. The van der Waals surface area contributed by atoms with E-state index in [0.29, 0.717) is 19.7 Å². The summed E-state index contributed by atoms with van der Waals surface area (Å²) in [5.74, 6) is -2.92. The summed E-state index contributed by atoms with van der Waals surface area (Å²) in [4.78, 5) is 37.9. The van der Waals surface area contributed by atoms with E-state index in [0.717, 1.165) is 11.6 Å². The van der Waals surface area contributed by atoms with Crippen LogP contribution in [0.1, 0.15) is 11.7 Å². The van der Waals surface area contributed by atoms with Crippen LogP contribution in [0.25, 0.3) is 0 Å². The molecule has 0 spiro atoms. The second-order valence-corrected chi connectivity index (χ2v) is 6.78. The Hall–Kier alpha value is -2.97. The number of halogens is 2. The molecule has 1 saturated heterocycles. The molecule has 0 saturated carbocycles. The third kappa shape index (κ3) is 5.52. The van der Waals surface area contributed by atoms with E-state index in [4.69, 9.17) is 16.3 Å². The Morgan fingerprint density at radius 1 is 1.14 bits per heavy atom. The van der Waals surface area contributed by atoms with E-state index in [9.17, 15) is 18.8 Å². The molecule has 2 N–H and O–H groups in total. The van der Waals surface area contributed by atoms with E-state index in [1.165, 1.54) is 12.1 Å². The van der Waals surface area contributed by atoms with Crippen molar-refractivity contribution >= 4 is 35.0 Å². The number of carbonyl (C=O) groups is 3. The van der Waals surface area contributed by atoms with E-state index < -0.39 is 17.6 Å². The number of hydrogen-bond donors (Lipinski definition) is 2. The Labute approximate surface area is 171 Å². The van der Waals surface area contributed by atoms with Gasteiger partial charge in [0.15, 0.2) is 0 Å². The van der Waals surface area contributed by atoms with Crippen molar-refractivity contribution in [2.75, 3.05) is 31.6 Å². The highest BCUT2D eigenvalue weighted by Gasteiger charge is 2.26. The monoisotopic (exact) mass is 419 g/mol. The van der Waals surface area contributed by atoms with Crippen LogP contribution >= 0.6 is 11.6 Å². The summed E-state index contributed by atoms with van der Waals surface area (Å²) in [5.41, 5.74) is 1.13. The lowest BCUT2D eigenvalue weighted by Gasteiger charge is -2.33. The van der Waals surface area contributed by atoms with E-state index in [-0.39, 0.29) is 29.3 Å². The minimum Gasteiger partial charge on any atom is -0.370 e. The molecule has 7 nitrogen and oxygen atoms in total. The Morgan fingerprint density at radius 2 is 1.90 bits per heavy atom. The fraction of sp³-hybridized carbons (Fsp3) is 0.250. The average molecular weight is 420 g/mol. The van der Waals surface area contributed by atoms with Gasteiger partial charge in [0.1, 0.15) is 11.9 Å². The van der Waals surface area contributed by atoms with Gasteiger partial charge in [0.2, 0.25) is 5.91 Å². The molecule has 2 aromatic carbocycles. The lowest BCUT2D eigenvalue weighted by atomic mass is 10.1. The standard InChI is InChI=1S/C20H19ClFN3O4/c21-15-10-14(6-7-16(15)22)24-20(28)19(27)23-11-18(26)25-8-9-29-17(12-25)13-4-2-1-3-5-13/h1-7,10,17H,8-9,11-12H2,(H,23,27)(H,24,28)/t17-/m0/s1. The van der Waals surface area contributed by atoms with Gasteiger partial charge >= 0.3 is 11.8 Å². The van der Waals surface area contributed by atoms with Crippen LogP contribution in [0.4, 0.5) is 10.1 Å². The lowest BCUT2D eigenvalue weighted by Crippen LogP contribution is -2.48. The Morgan fingerprint density at radius 3 is 2.62 bits per heavy atom. The van der Waals surface area contributed by atoms with Gasteiger partial charge in [0.25, 0.3) is 0 Å². The van der Waals surface area contributed by atoms with Crippen LogP contribution < -0.4 is 10.6 Å². The molecule has 1 fully saturated rings. The Balaban J connectivity index is 1.49. The maximum atomic E-state index is 13.1. The number of rotatable bonds is 4. The molecule has 1 atom stereocenters. The van der Waals surface area contributed by atoms with Crippen LogP contribution in [0, 0.1) is 5.82 Å². The van der Waals surface area contributed by atoms with Gasteiger partial charge in [-0.05, 0) is 23.8 Å². The lowest BCUT2D eigenvalue weighted by molar-refractivity contribution is -0.141. The molecule has 0 aliphatic carbocycles. The van der Waals surface area contributed by atoms with Crippen LogP contribution in [-0.4, -0.2) is 48.9 Å². The van der Waals surface area contributed by atoms with Crippen LogP contribution in [-0.2, 0) is 19.1 Å². The van der Waals surface area contributed by atoms with Gasteiger partial charge in [0, 0.05) is 12.2 Å². The SMILES string of the molecule is O=C(NCC(=O)N1CCO[C@H](c2ccccc2)C1)C(=O)Nc1ccc(F)c(Cl)c1. The molecular formula is C20H19ClFN3O4. The molecule has 9 heteroatoms. The molecular weight excluding hydrogens is 401 g/mol. The normalized spacial score (nSPS) is 16.2. The molecule has 152 valence electrons. The maximum absolute atomic E-state index is 13.1. The van der Waals surface area contributed by atoms with Gasteiger partial charge in [-0.15, -0.1) is 0 Å². The minimum absolute atomic E-state index is 0.168. The van der Waals surface area contributed by atoms with Crippen molar-refractivity contribution in [2.24, 2.45) is 0 Å². The average Bonchev–Trinajstić information content (AvgIpc) is 2.75. The van der Waals surface area contributed by atoms with Crippen LogP contribution in [0.2, 0.25) is 5.02 Å². The zero-order valence-electron chi connectivity index (χ0n) is 15.4.